The van der Waals surface area contributed by atoms with E-state index in [4.69, 9.17) is 9.47 Å². The molecule has 146 valence electrons. The number of amides is 1. The van der Waals surface area contributed by atoms with Crippen molar-refractivity contribution in [2.24, 2.45) is 11.8 Å². The largest absolute Gasteiger partial charge is 0.497 e. The van der Waals surface area contributed by atoms with Gasteiger partial charge in [-0.25, -0.2) is 0 Å². The number of hydrogen-bond acceptors (Lipinski definition) is 4. The Morgan fingerprint density at radius 3 is 2.63 bits per heavy atom. The molecule has 5 fully saturated rings. The van der Waals surface area contributed by atoms with E-state index in [-0.39, 0.29) is 5.92 Å². The molecule has 5 heteroatoms. The summed E-state index contributed by atoms with van der Waals surface area (Å²) in [5, 5.41) is 0. The number of nitrogens with zero attached hydrogens (tertiary/aromatic N) is 2. The average Bonchev–Trinajstić information content (AvgIpc) is 3.18. The molecule has 3 atom stereocenters. The highest BCUT2D eigenvalue weighted by atomic mass is 16.5. The van der Waals surface area contributed by atoms with E-state index in [2.05, 4.69) is 28.0 Å². The maximum absolute atomic E-state index is 13.5. The lowest BCUT2D eigenvalue weighted by molar-refractivity contribution is -0.143. The molecule has 5 aliphatic rings. The second-order valence-electron chi connectivity index (χ2n) is 8.61. The van der Waals surface area contributed by atoms with Crippen LogP contribution in [0.3, 0.4) is 0 Å². The molecule has 0 aliphatic carbocycles. The minimum atomic E-state index is 0.152. The molecule has 0 saturated carbocycles. The molecule has 2 bridgehead atoms. The summed E-state index contributed by atoms with van der Waals surface area (Å²) in [5.41, 5.74) is 1.32. The minimum absolute atomic E-state index is 0.152. The van der Waals surface area contributed by atoms with E-state index in [1.165, 1.54) is 31.5 Å². The van der Waals surface area contributed by atoms with Gasteiger partial charge in [-0.1, -0.05) is 12.1 Å². The van der Waals surface area contributed by atoms with Crippen LogP contribution in [0, 0.1) is 11.8 Å². The van der Waals surface area contributed by atoms with Crippen LogP contribution >= 0.6 is 0 Å². The highest BCUT2D eigenvalue weighted by molar-refractivity contribution is 5.80. The number of piperidine rings is 3. The van der Waals surface area contributed by atoms with Crippen LogP contribution in [0.2, 0.25) is 0 Å². The number of carbonyl (C=O) groups excluding carboxylic acids is 1. The Kier molecular flexibility index (Phi) is 4.60. The van der Waals surface area contributed by atoms with E-state index in [1.54, 1.807) is 7.11 Å². The molecule has 0 aromatic heterocycles. The van der Waals surface area contributed by atoms with Gasteiger partial charge in [-0.05, 0) is 62.4 Å². The van der Waals surface area contributed by atoms with Gasteiger partial charge in [0.1, 0.15) is 5.75 Å². The first-order valence-corrected chi connectivity index (χ1v) is 10.5. The molecule has 0 radical (unpaired) electrons. The van der Waals surface area contributed by atoms with Crippen LogP contribution in [0.25, 0.3) is 0 Å². The van der Waals surface area contributed by atoms with Gasteiger partial charge < -0.3 is 14.4 Å². The van der Waals surface area contributed by atoms with Crippen LogP contribution in [-0.2, 0) is 9.53 Å². The minimum Gasteiger partial charge on any atom is -0.497 e. The Balaban J connectivity index is 1.47. The molecule has 0 unspecified atom stereocenters. The summed E-state index contributed by atoms with van der Waals surface area (Å²) in [6.07, 6.45) is 4.24. The molecule has 5 nitrogen and oxygen atoms in total. The van der Waals surface area contributed by atoms with Crippen LogP contribution in [-0.4, -0.2) is 67.7 Å². The van der Waals surface area contributed by atoms with Crippen molar-refractivity contribution in [3.8, 4) is 5.75 Å². The van der Waals surface area contributed by atoms with E-state index < -0.39 is 0 Å². The summed E-state index contributed by atoms with van der Waals surface area (Å²) >= 11 is 0. The van der Waals surface area contributed by atoms with Crippen molar-refractivity contribution in [2.75, 3.05) is 40.0 Å². The standard InChI is InChI=1S/C22H30N2O3/c1-26-18-4-2-3-17(13-18)19-14-24(22(25)16-7-11-27-12-8-16)20-15-5-9-23(10-6-15)21(19)20/h2-4,13,15-16,19-21H,5-12,14H2,1H3/t19-,20-,21-/m1/s1. The van der Waals surface area contributed by atoms with Gasteiger partial charge in [-0.2, -0.15) is 0 Å². The van der Waals surface area contributed by atoms with Crippen LogP contribution in [0.4, 0.5) is 0 Å². The summed E-state index contributed by atoms with van der Waals surface area (Å²) in [6.45, 7) is 4.68. The number of fused-ring (bicyclic) bond motifs is 2. The fourth-order valence-electron chi connectivity index (χ4n) is 6.02. The zero-order chi connectivity index (χ0) is 18.4. The molecule has 1 aromatic rings. The third kappa shape index (κ3) is 2.95. The third-order valence-electron chi connectivity index (χ3n) is 7.37. The molecule has 5 heterocycles. The number of benzene rings is 1. The van der Waals surface area contributed by atoms with Crippen LogP contribution in [0.15, 0.2) is 24.3 Å². The van der Waals surface area contributed by atoms with E-state index in [0.717, 1.165) is 38.3 Å². The number of likely N-dealkylation sites (tertiary alicyclic amines) is 1. The maximum atomic E-state index is 13.5. The van der Waals surface area contributed by atoms with E-state index in [0.29, 0.717) is 29.8 Å². The number of hydrogen-bond donors (Lipinski definition) is 0. The van der Waals surface area contributed by atoms with Crippen molar-refractivity contribution >= 4 is 5.91 Å². The first-order chi connectivity index (χ1) is 13.3. The van der Waals surface area contributed by atoms with E-state index in [1.807, 2.05) is 6.07 Å². The quantitative estimate of drug-likeness (QED) is 0.820. The fraction of sp³-hybridized carbons (Fsp3) is 0.682. The monoisotopic (exact) mass is 370 g/mol. The molecular formula is C22H30N2O3. The Bertz CT molecular complexity index is 695. The predicted octanol–water partition coefficient (Wildman–Crippen LogP) is 2.51. The van der Waals surface area contributed by atoms with Gasteiger partial charge in [0.25, 0.3) is 0 Å². The maximum Gasteiger partial charge on any atom is 0.226 e. The van der Waals surface area contributed by atoms with Crippen molar-refractivity contribution in [3.05, 3.63) is 29.8 Å². The molecule has 6 rings (SSSR count). The van der Waals surface area contributed by atoms with Crippen LogP contribution < -0.4 is 4.74 Å². The molecule has 0 N–H and O–H groups in total. The second-order valence-corrected chi connectivity index (χ2v) is 8.61. The van der Waals surface area contributed by atoms with Gasteiger partial charge in [-0.3, -0.25) is 9.69 Å². The Morgan fingerprint density at radius 1 is 1.11 bits per heavy atom. The number of rotatable bonds is 3. The topological polar surface area (TPSA) is 42.0 Å². The van der Waals surface area contributed by atoms with E-state index in [9.17, 15) is 4.79 Å². The highest BCUT2D eigenvalue weighted by Gasteiger charge is 2.55. The number of carbonyl (C=O) groups is 1. The van der Waals surface area contributed by atoms with Crippen molar-refractivity contribution < 1.29 is 14.3 Å². The third-order valence-corrected chi connectivity index (χ3v) is 7.37. The van der Waals surface area contributed by atoms with Gasteiger partial charge in [0, 0.05) is 37.6 Å². The lowest BCUT2D eigenvalue weighted by Crippen LogP contribution is -2.61. The van der Waals surface area contributed by atoms with Crippen LogP contribution in [0.5, 0.6) is 5.75 Å². The number of ether oxygens (including phenoxy) is 2. The van der Waals surface area contributed by atoms with Crippen molar-refractivity contribution in [1.82, 2.24) is 9.80 Å². The number of methoxy groups -OCH3 is 1. The first-order valence-electron chi connectivity index (χ1n) is 10.5. The fourth-order valence-corrected chi connectivity index (χ4v) is 6.02. The molecule has 0 spiro atoms. The normalized spacial score (nSPS) is 35.9. The molecular weight excluding hydrogens is 340 g/mol. The molecule has 5 saturated heterocycles. The lowest BCUT2D eigenvalue weighted by Gasteiger charge is -2.51. The van der Waals surface area contributed by atoms with Gasteiger partial charge >= 0.3 is 0 Å². The van der Waals surface area contributed by atoms with Crippen molar-refractivity contribution in [1.29, 1.82) is 0 Å². The summed E-state index contributed by atoms with van der Waals surface area (Å²) in [4.78, 5) is 18.4. The SMILES string of the molecule is COc1cccc([C@H]2CN(C(=O)C3CCOCC3)[C@@H]3C4CCN(CC4)[C@H]23)c1. The summed E-state index contributed by atoms with van der Waals surface area (Å²) in [5.74, 6) is 2.50. The van der Waals surface area contributed by atoms with Crippen LogP contribution in [0.1, 0.15) is 37.2 Å². The van der Waals surface area contributed by atoms with Gasteiger partial charge in [0.05, 0.1) is 13.2 Å². The van der Waals surface area contributed by atoms with Gasteiger partial charge in [-0.15, -0.1) is 0 Å². The summed E-state index contributed by atoms with van der Waals surface area (Å²) in [7, 11) is 1.73. The zero-order valence-electron chi connectivity index (χ0n) is 16.2. The molecule has 1 amide bonds. The summed E-state index contributed by atoms with van der Waals surface area (Å²) < 4.78 is 11.0. The Hall–Kier alpha value is -1.59. The highest BCUT2D eigenvalue weighted by Crippen LogP contribution is 2.47. The van der Waals surface area contributed by atoms with Crippen molar-refractivity contribution in [2.45, 2.75) is 43.7 Å². The van der Waals surface area contributed by atoms with Gasteiger partial charge in [0.2, 0.25) is 5.91 Å². The molecule has 5 aliphatic heterocycles. The van der Waals surface area contributed by atoms with Gasteiger partial charge in [0.15, 0.2) is 0 Å². The zero-order valence-corrected chi connectivity index (χ0v) is 16.2. The Morgan fingerprint density at radius 2 is 1.89 bits per heavy atom. The first kappa shape index (κ1) is 17.5. The predicted molar refractivity (Wildman–Crippen MR) is 103 cm³/mol. The molecule has 27 heavy (non-hydrogen) atoms. The van der Waals surface area contributed by atoms with Crippen molar-refractivity contribution in [3.63, 3.8) is 0 Å². The Labute approximate surface area is 161 Å². The molecule has 1 aromatic carbocycles. The van der Waals surface area contributed by atoms with E-state index >= 15 is 0 Å². The summed E-state index contributed by atoms with van der Waals surface area (Å²) in [6, 6.07) is 9.34. The smallest absolute Gasteiger partial charge is 0.226 e. The second kappa shape index (κ2) is 7.10. The average molecular weight is 370 g/mol. The lowest BCUT2D eigenvalue weighted by atomic mass is 9.75.